The molecule has 4 rings (SSSR count). The van der Waals surface area contributed by atoms with Crippen molar-refractivity contribution in [3.05, 3.63) is 42.1 Å². The Bertz CT molecular complexity index is 1030. The molecular weight excluding hydrogens is 390 g/mol. The molecular formula is C23H31N7O. The number of carbonyl (C=O) groups excluding carboxylic acids is 1. The zero-order chi connectivity index (χ0) is 21.8. The van der Waals surface area contributed by atoms with Gasteiger partial charge in [-0.1, -0.05) is 6.07 Å². The van der Waals surface area contributed by atoms with Crippen LogP contribution in [0.4, 0.5) is 5.82 Å². The van der Waals surface area contributed by atoms with E-state index in [2.05, 4.69) is 43.7 Å². The Kier molecular flexibility index (Phi) is 6.48. The summed E-state index contributed by atoms with van der Waals surface area (Å²) in [7, 11) is 4.28. The molecule has 3 aromatic rings. The molecule has 3 heterocycles. The van der Waals surface area contributed by atoms with Crippen molar-refractivity contribution in [2.75, 3.05) is 58.3 Å². The standard InChI is InChI=1S/C23H31N7O/c1-28-10-4-12-30(15-14-28)13-5-11-29(2)20-9-8-17(16-25-20)23-26-19-7-3-6-18(22(24)31)21(19)27-23/h3,6-9,16H,4-5,10-15H2,1-2H3,(H2,24,31)(H,26,27). The van der Waals surface area contributed by atoms with E-state index in [0.717, 1.165) is 49.5 Å². The van der Waals surface area contributed by atoms with Crippen molar-refractivity contribution in [3.63, 3.8) is 0 Å². The number of aromatic amines is 1. The number of likely N-dealkylation sites (N-methyl/N-ethyl adjacent to an activating group) is 1. The quantitative estimate of drug-likeness (QED) is 0.607. The Hall–Kier alpha value is -2.97. The highest BCUT2D eigenvalue weighted by atomic mass is 16.1. The number of hydrogen-bond acceptors (Lipinski definition) is 6. The molecule has 0 bridgehead atoms. The van der Waals surface area contributed by atoms with E-state index in [1.54, 1.807) is 12.1 Å². The first-order chi connectivity index (χ1) is 15.0. The summed E-state index contributed by atoms with van der Waals surface area (Å²) >= 11 is 0. The Labute approximate surface area is 183 Å². The van der Waals surface area contributed by atoms with E-state index < -0.39 is 5.91 Å². The summed E-state index contributed by atoms with van der Waals surface area (Å²) in [5.74, 6) is 1.13. The Morgan fingerprint density at radius 1 is 1.19 bits per heavy atom. The van der Waals surface area contributed by atoms with Crippen molar-refractivity contribution < 1.29 is 4.79 Å². The summed E-state index contributed by atoms with van der Waals surface area (Å²) in [5.41, 5.74) is 8.13. The molecule has 2 aromatic heterocycles. The predicted molar refractivity (Wildman–Crippen MR) is 124 cm³/mol. The SMILES string of the molecule is CN1CCCN(CCCN(C)c2ccc(-c3nc4c(C(N)=O)cccc4[nH]3)cn2)CC1. The minimum Gasteiger partial charge on any atom is -0.366 e. The summed E-state index contributed by atoms with van der Waals surface area (Å²) in [6.07, 6.45) is 4.18. The Morgan fingerprint density at radius 2 is 2.06 bits per heavy atom. The van der Waals surface area contributed by atoms with Gasteiger partial charge in [0.1, 0.15) is 17.2 Å². The first-order valence-corrected chi connectivity index (χ1v) is 10.9. The van der Waals surface area contributed by atoms with E-state index >= 15 is 0 Å². The second-order valence-corrected chi connectivity index (χ2v) is 8.33. The molecule has 1 aliphatic heterocycles. The lowest BCUT2D eigenvalue weighted by molar-refractivity contribution is 0.100. The highest BCUT2D eigenvalue weighted by Gasteiger charge is 2.14. The average Bonchev–Trinajstić information content (AvgIpc) is 3.10. The van der Waals surface area contributed by atoms with E-state index in [4.69, 9.17) is 5.73 Å². The Morgan fingerprint density at radius 3 is 2.84 bits per heavy atom. The number of para-hydroxylation sites is 1. The van der Waals surface area contributed by atoms with Crippen molar-refractivity contribution >= 4 is 22.8 Å². The molecule has 3 N–H and O–H groups in total. The molecule has 1 saturated heterocycles. The van der Waals surface area contributed by atoms with Gasteiger partial charge in [0.15, 0.2) is 0 Å². The number of imidazole rings is 1. The first-order valence-electron chi connectivity index (χ1n) is 10.9. The fraction of sp³-hybridized carbons (Fsp3) is 0.435. The molecule has 1 amide bonds. The number of aromatic nitrogens is 3. The predicted octanol–water partition coefficient (Wildman–Crippen LogP) is 2.19. The number of amides is 1. The smallest absolute Gasteiger partial charge is 0.250 e. The molecule has 0 spiro atoms. The molecule has 164 valence electrons. The van der Waals surface area contributed by atoms with Crippen molar-refractivity contribution in [1.29, 1.82) is 0 Å². The lowest BCUT2D eigenvalue weighted by Gasteiger charge is -2.23. The molecule has 31 heavy (non-hydrogen) atoms. The monoisotopic (exact) mass is 421 g/mol. The van der Waals surface area contributed by atoms with E-state index in [1.165, 1.54) is 19.5 Å². The van der Waals surface area contributed by atoms with E-state index in [9.17, 15) is 4.79 Å². The maximum Gasteiger partial charge on any atom is 0.250 e. The molecule has 8 nitrogen and oxygen atoms in total. The number of pyridine rings is 1. The van der Waals surface area contributed by atoms with Crippen LogP contribution in [0.5, 0.6) is 0 Å². The zero-order valence-corrected chi connectivity index (χ0v) is 18.3. The van der Waals surface area contributed by atoms with Gasteiger partial charge in [-0.05, 0) is 63.8 Å². The number of nitrogens with two attached hydrogens (primary N) is 1. The third kappa shape index (κ3) is 5.03. The van der Waals surface area contributed by atoms with Gasteiger partial charge in [0, 0.05) is 38.4 Å². The minimum atomic E-state index is -0.481. The fourth-order valence-electron chi connectivity index (χ4n) is 4.09. The minimum absolute atomic E-state index is 0.417. The maximum atomic E-state index is 11.6. The third-order valence-electron chi connectivity index (χ3n) is 5.97. The highest BCUT2D eigenvalue weighted by molar-refractivity contribution is 6.04. The normalized spacial score (nSPS) is 15.8. The number of nitrogens with one attached hydrogen (secondary N) is 1. The van der Waals surface area contributed by atoms with Crippen LogP contribution in [0.3, 0.4) is 0 Å². The van der Waals surface area contributed by atoms with Gasteiger partial charge in [-0.3, -0.25) is 4.79 Å². The Balaban J connectivity index is 1.37. The summed E-state index contributed by atoms with van der Waals surface area (Å²) in [6.45, 7) is 6.78. The van der Waals surface area contributed by atoms with Crippen molar-refractivity contribution in [3.8, 4) is 11.4 Å². The highest BCUT2D eigenvalue weighted by Crippen LogP contribution is 2.23. The van der Waals surface area contributed by atoms with Gasteiger partial charge in [-0.2, -0.15) is 0 Å². The van der Waals surface area contributed by atoms with Crippen LogP contribution in [0.15, 0.2) is 36.5 Å². The number of fused-ring (bicyclic) bond motifs is 1. The molecule has 1 aromatic carbocycles. The van der Waals surface area contributed by atoms with Crippen LogP contribution >= 0.6 is 0 Å². The van der Waals surface area contributed by atoms with Gasteiger partial charge in [0.05, 0.1) is 11.1 Å². The van der Waals surface area contributed by atoms with Gasteiger partial charge in [0.25, 0.3) is 5.91 Å². The lowest BCUT2D eigenvalue weighted by Crippen LogP contribution is -2.31. The van der Waals surface area contributed by atoms with Crippen LogP contribution < -0.4 is 10.6 Å². The number of H-pyrrole nitrogens is 1. The summed E-state index contributed by atoms with van der Waals surface area (Å²) in [6, 6.07) is 9.39. The summed E-state index contributed by atoms with van der Waals surface area (Å²) in [5, 5.41) is 0. The topological polar surface area (TPSA) is 94.4 Å². The summed E-state index contributed by atoms with van der Waals surface area (Å²) in [4.78, 5) is 31.3. The molecule has 0 radical (unpaired) electrons. The van der Waals surface area contributed by atoms with Gasteiger partial charge in [-0.25, -0.2) is 9.97 Å². The average molecular weight is 422 g/mol. The zero-order valence-electron chi connectivity index (χ0n) is 18.3. The van der Waals surface area contributed by atoms with Crippen molar-refractivity contribution in [2.45, 2.75) is 12.8 Å². The molecule has 0 aliphatic carbocycles. The van der Waals surface area contributed by atoms with Gasteiger partial charge >= 0.3 is 0 Å². The lowest BCUT2D eigenvalue weighted by atomic mass is 10.2. The molecule has 1 fully saturated rings. The number of nitrogens with zero attached hydrogens (tertiary/aromatic N) is 5. The number of carbonyl (C=O) groups is 1. The van der Waals surface area contributed by atoms with Crippen LogP contribution in [-0.2, 0) is 0 Å². The van der Waals surface area contributed by atoms with Crippen LogP contribution in [-0.4, -0.2) is 84.0 Å². The summed E-state index contributed by atoms with van der Waals surface area (Å²) < 4.78 is 0. The van der Waals surface area contributed by atoms with E-state index in [1.807, 2.05) is 24.4 Å². The fourth-order valence-corrected chi connectivity index (χ4v) is 4.09. The molecule has 0 atom stereocenters. The van der Waals surface area contributed by atoms with Crippen LogP contribution in [0, 0.1) is 0 Å². The number of rotatable bonds is 7. The number of anilines is 1. The number of primary amides is 1. The largest absolute Gasteiger partial charge is 0.366 e. The number of hydrogen-bond donors (Lipinski definition) is 2. The van der Waals surface area contributed by atoms with Gasteiger partial charge in [-0.15, -0.1) is 0 Å². The molecule has 1 aliphatic rings. The van der Waals surface area contributed by atoms with Crippen molar-refractivity contribution in [2.24, 2.45) is 5.73 Å². The molecule has 0 unspecified atom stereocenters. The molecule has 8 heteroatoms. The second kappa shape index (κ2) is 9.45. The van der Waals surface area contributed by atoms with E-state index in [0.29, 0.717) is 16.9 Å². The van der Waals surface area contributed by atoms with Crippen LogP contribution in [0.1, 0.15) is 23.2 Å². The van der Waals surface area contributed by atoms with Gasteiger partial charge < -0.3 is 25.4 Å². The van der Waals surface area contributed by atoms with E-state index in [-0.39, 0.29) is 0 Å². The van der Waals surface area contributed by atoms with Gasteiger partial charge in [0.2, 0.25) is 0 Å². The third-order valence-corrected chi connectivity index (χ3v) is 5.97. The molecule has 0 saturated carbocycles. The second-order valence-electron chi connectivity index (χ2n) is 8.33. The van der Waals surface area contributed by atoms with Crippen molar-refractivity contribution in [1.82, 2.24) is 24.8 Å². The maximum absolute atomic E-state index is 11.6. The number of benzene rings is 1. The van der Waals surface area contributed by atoms with Crippen LogP contribution in [0.2, 0.25) is 0 Å². The first kappa shape index (κ1) is 21.3. The van der Waals surface area contributed by atoms with Crippen LogP contribution in [0.25, 0.3) is 22.4 Å².